The molecule has 0 aromatic heterocycles. The Hall–Kier alpha value is -2.06. The maximum Gasteiger partial charge on any atom is 0.318 e. The molecule has 2 aliphatic carbocycles. The first-order valence-corrected chi connectivity index (χ1v) is 10.2. The van der Waals surface area contributed by atoms with Crippen LogP contribution >= 0.6 is 0 Å². The maximum atomic E-state index is 12.6. The van der Waals surface area contributed by atoms with Gasteiger partial charge in [0.25, 0.3) is 0 Å². The van der Waals surface area contributed by atoms with Crippen molar-refractivity contribution in [1.82, 2.24) is 15.1 Å². The summed E-state index contributed by atoms with van der Waals surface area (Å²) in [5.74, 6) is 0. The molecule has 5 heteroatoms. The highest BCUT2D eigenvalue weighted by molar-refractivity contribution is 5.78. The Kier molecular flexibility index (Phi) is 4.43. The molecule has 27 heavy (non-hydrogen) atoms. The van der Waals surface area contributed by atoms with Crippen molar-refractivity contribution in [1.29, 1.82) is 5.26 Å². The Morgan fingerprint density at radius 2 is 1.78 bits per heavy atom. The molecular formula is C22H30N4O. The fourth-order valence-electron chi connectivity index (χ4n) is 5.42. The van der Waals surface area contributed by atoms with Crippen LogP contribution in [0.15, 0.2) is 30.3 Å². The van der Waals surface area contributed by atoms with Crippen molar-refractivity contribution in [3.05, 3.63) is 35.9 Å². The average Bonchev–Trinajstić information content (AvgIpc) is 2.95. The van der Waals surface area contributed by atoms with E-state index in [2.05, 4.69) is 60.7 Å². The van der Waals surface area contributed by atoms with Crippen LogP contribution in [-0.2, 0) is 5.54 Å². The van der Waals surface area contributed by atoms with Gasteiger partial charge in [0.05, 0.1) is 17.0 Å². The summed E-state index contributed by atoms with van der Waals surface area (Å²) in [5.41, 5.74) is 0.934. The van der Waals surface area contributed by atoms with Gasteiger partial charge in [0.2, 0.25) is 0 Å². The van der Waals surface area contributed by atoms with Gasteiger partial charge < -0.3 is 10.2 Å². The van der Waals surface area contributed by atoms with Gasteiger partial charge in [0.15, 0.2) is 0 Å². The zero-order chi connectivity index (χ0) is 19.1. The van der Waals surface area contributed by atoms with Crippen molar-refractivity contribution < 1.29 is 4.79 Å². The van der Waals surface area contributed by atoms with Crippen LogP contribution in [0.1, 0.15) is 50.5 Å². The van der Waals surface area contributed by atoms with Gasteiger partial charge in [-0.3, -0.25) is 4.90 Å². The lowest BCUT2D eigenvalue weighted by atomic mass is 9.66. The van der Waals surface area contributed by atoms with E-state index in [4.69, 9.17) is 0 Å². The zero-order valence-corrected chi connectivity index (χ0v) is 16.5. The van der Waals surface area contributed by atoms with Gasteiger partial charge in [-0.25, -0.2) is 4.79 Å². The van der Waals surface area contributed by atoms with Gasteiger partial charge in [-0.15, -0.1) is 0 Å². The maximum absolute atomic E-state index is 12.6. The standard InChI is InChI=1S/C22H30N4O/c1-25(2)22(18-7-4-3-5-8-18)13-11-21(12-14-22)16-24-19(27)26(21)17-20(15-23)9-6-10-20/h3-5,7-8H,6,9-14,16-17H2,1-2H3,(H,24,27). The van der Waals surface area contributed by atoms with E-state index in [0.29, 0.717) is 13.1 Å². The zero-order valence-electron chi connectivity index (χ0n) is 16.5. The number of amides is 2. The second-order valence-electron chi connectivity index (χ2n) is 9.01. The van der Waals surface area contributed by atoms with Crippen LogP contribution in [0.2, 0.25) is 0 Å². The van der Waals surface area contributed by atoms with Gasteiger partial charge in [0, 0.05) is 18.6 Å². The lowest BCUT2D eigenvalue weighted by Crippen LogP contribution is -2.57. The first-order chi connectivity index (χ1) is 13.0. The minimum Gasteiger partial charge on any atom is -0.336 e. The monoisotopic (exact) mass is 366 g/mol. The number of hydrogen-bond acceptors (Lipinski definition) is 3. The number of carbonyl (C=O) groups is 1. The van der Waals surface area contributed by atoms with Crippen molar-refractivity contribution >= 4 is 6.03 Å². The van der Waals surface area contributed by atoms with Gasteiger partial charge >= 0.3 is 6.03 Å². The second kappa shape index (κ2) is 6.53. The number of nitriles is 1. The number of benzene rings is 1. The molecule has 1 spiro atoms. The highest BCUT2D eigenvalue weighted by atomic mass is 16.2. The number of rotatable bonds is 4. The highest BCUT2D eigenvalue weighted by Crippen LogP contribution is 2.49. The van der Waals surface area contributed by atoms with E-state index < -0.39 is 0 Å². The summed E-state index contributed by atoms with van der Waals surface area (Å²) in [4.78, 5) is 17.0. The molecular weight excluding hydrogens is 336 g/mol. The van der Waals surface area contributed by atoms with Crippen molar-refractivity contribution in [2.24, 2.45) is 5.41 Å². The Labute approximate surface area is 162 Å². The van der Waals surface area contributed by atoms with Crippen LogP contribution < -0.4 is 5.32 Å². The smallest absolute Gasteiger partial charge is 0.318 e. The fourth-order valence-corrected chi connectivity index (χ4v) is 5.42. The molecule has 144 valence electrons. The lowest BCUT2D eigenvalue weighted by Gasteiger charge is -2.52. The Bertz CT molecular complexity index is 739. The van der Waals surface area contributed by atoms with E-state index in [1.807, 2.05) is 4.90 Å². The number of hydrogen-bond donors (Lipinski definition) is 1. The van der Waals surface area contributed by atoms with Crippen molar-refractivity contribution in [2.75, 3.05) is 27.2 Å². The SMILES string of the molecule is CN(C)C1(c2ccccc2)CCC2(CC1)CNC(=O)N2CC1(C#N)CCC1. The topological polar surface area (TPSA) is 59.4 Å². The van der Waals surface area contributed by atoms with Crippen LogP contribution in [0.5, 0.6) is 0 Å². The third-order valence-electron chi connectivity index (χ3n) is 7.57. The molecule has 1 heterocycles. The highest BCUT2D eigenvalue weighted by Gasteiger charge is 2.54. The summed E-state index contributed by atoms with van der Waals surface area (Å²) in [5, 5.41) is 12.7. The molecule has 1 aliphatic heterocycles. The van der Waals surface area contributed by atoms with Crippen LogP contribution in [0.4, 0.5) is 4.79 Å². The van der Waals surface area contributed by atoms with E-state index in [1.165, 1.54) is 5.56 Å². The largest absolute Gasteiger partial charge is 0.336 e. The molecule has 3 fully saturated rings. The quantitative estimate of drug-likeness (QED) is 0.887. The molecule has 0 atom stereocenters. The van der Waals surface area contributed by atoms with E-state index in [0.717, 1.165) is 44.9 Å². The van der Waals surface area contributed by atoms with Crippen molar-refractivity contribution in [3.63, 3.8) is 0 Å². The molecule has 4 rings (SSSR count). The summed E-state index contributed by atoms with van der Waals surface area (Å²) in [6, 6.07) is 13.3. The van der Waals surface area contributed by atoms with Crippen LogP contribution in [0, 0.1) is 16.7 Å². The van der Waals surface area contributed by atoms with Crippen LogP contribution in [-0.4, -0.2) is 48.6 Å². The van der Waals surface area contributed by atoms with Gasteiger partial charge in [-0.05, 0) is 58.2 Å². The van der Waals surface area contributed by atoms with Gasteiger partial charge in [-0.2, -0.15) is 5.26 Å². The average molecular weight is 367 g/mol. The molecule has 0 unspecified atom stereocenters. The minimum atomic E-state index is -0.315. The molecule has 2 saturated carbocycles. The van der Waals surface area contributed by atoms with Gasteiger partial charge in [0.1, 0.15) is 0 Å². The van der Waals surface area contributed by atoms with Gasteiger partial charge in [-0.1, -0.05) is 36.8 Å². The summed E-state index contributed by atoms with van der Waals surface area (Å²) >= 11 is 0. The summed E-state index contributed by atoms with van der Waals surface area (Å²) in [6.45, 7) is 1.31. The molecule has 5 nitrogen and oxygen atoms in total. The molecule has 2 amide bonds. The third kappa shape index (κ3) is 2.82. The lowest BCUT2D eigenvalue weighted by molar-refractivity contribution is 0.00812. The van der Waals surface area contributed by atoms with Crippen molar-refractivity contribution in [3.8, 4) is 6.07 Å². The van der Waals surface area contributed by atoms with Crippen LogP contribution in [0.3, 0.4) is 0 Å². The Morgan fingerprint density at radius 1 is 1.11 bits per heavy atom. The number of nitrogens with one attached hydrogen (secondary N) is 1. The predicted molar refractivity (Wildman–Crippen MR) is 105 cm³/mol. The predicted octanol–water partition coefficient (Wildman–Crippen LogP) is 3.48. The first-order valence-electron chi connectivity index (χ1n) is 10.2. The second-order valence-corrected chi connectivity index (χ2v) is 9.01. The van der Waals surface area contributed by atoms with E-state index in [1.54, 1.807) is 0 Å². The molecule has 1 N–H and O–H groups in total. The van der Waals surface area contributed by atoms with Crippen LogP contribution in [0.25, 0.3) is 0 Å². The summed E-state index contributed by atoms with van der Waals surface area (Å²) < 4.78 is 0. The Balaban J connectivity index is 1.57. The minimum absolute atomic E-state index is 0.0210. The first kappa shape index (κ1) is 18.3. The third-order valence-corrected chi connectivity index (χ3v) is 7.57. The number of urea groups is 1. The number of nitrogens with zero attached hydrogens (tertiary/aromatic N) is 3. The van der Waals surface area contributed by atoms with E-state index >= 15 is 0 Å². The molecule has 1 saturated heterocycles. The van der Waals surface area contributed by atoms with E-state index in [-0.39, 0.29) is 22.5 Å². The molecule has 1 aromatic rings. The Morgan fingerprint density at radius 3 is 2.30 bits per heavy atom. The normalized spacial score (nSPS) is 32.2. The van der Waals surface area contributed by atoms with Crippen molar-refractivity contribution in [2.45, 2.75) is 56.0 Å². The molecule has 3 aliphatic rings. The fraction of sp³-hybridized carbons (Fsp3) is 0.636. The molecule has 1 aromatic carbocycles. The summed E-state index contributed by atoms with van der Waals surface area (Å²) in [6.07, 6.45) is 6.95. The molecule has 0 radical (unpaired) electrons. The van der Waals surface area contributed by atoms with E-state index in [9.17, 15) is 10.1 Å². The number of carbonyl (C=O) groups excluding carboxylic acids is 1. The molecule has 0 bridgehead atoms. The summed E-state index contributed by atoms with van der Waals surface area (Å²) in [7, 11) is 4.33.